The first kappa shape index (κ1) is 46.2. The number of benzene rings is 2. The van der Waals surface area contributed by atoms with Crippen molar-refractivity contribution in [3.63, 3.8) is 0 Å². The van der Waals surface area contributed by atoms with Gasteiger partial charge < -0.3 is 40.3 Å². The lowest BCUT2D eigenvalue weighted by molar-refractivity contribution is 0.0272. The third-order valence-corrected chi connectivity index (χ3v) is 13.4. The first-order valence-electron chi connectivity index (χ1n) is 22.3. The minimum absolute atomic E-state index is 0.0000627. The van der Waals surface area contributed by atoms with Gasteiger partial charge in [-0.3, -0.25) is 19.0 Å². The van der Waals surface area contributed by atoms with Crippen LogP contribution in [0.15, 0.2) is 48.8 Å². The van der Waals surface area contributed by atoms with Crippen molar-refractivity contribution in [1.29, 1.82) is 0 Å². The summed E-state index contributed by atoms with van der Waals surface area (Å²) in [5.41, 5.74) is 15.9. The van der Waals surface area contributed by atoms with Gasteiger partial charge in [0.2, 0.25) is 0 Å². The fourth-order valence-electron chi connectivity index (χ4n) is 9.90. The zero-order valence-electron chi connectivity index (χ0n) is 38.6. The van der Waals surface area contributed by atoms with Gasteiger partial charge in [-0.25, -0.2) is 18.7 Å². The molecule has 0 saturated heterocycles. The van der Waals surface area contributed by atoms with Crippen molar-refractivity contribution in [2.75, 3.05) is 27.4 Å². The molecule has 2 aromatic carbocycles. The molecule has 4 bridgehead atoms. The third-order valence-electron chi connectivity index (χ3n) is 13.4. The fourth-order valence-corrected chi connectivity index (χ4v) is 9.90. The highest BCUT2D eigenvalue weighted by Crippen LogP contribution is 2.54. The maximum Gasteiger partial charge on any atom is 0.269 e. The van der Waals surface area contributed by atoms with Crippen LogP contribution in [0.1, 0.15) is 129 Å². The van der Waals surface area contributed by atoms with Crippen molar-refractivity contribution in [1.82, 2.24) is 38.7 Å². The Bertz CT molecular complexity index is 2920. The number of aromatic nitrogens is 8. The molecule has 0 unspecified atom stereocenters. The molecule has 2 fully saturated rings. The summed E-state index contributed by atoms with van der Waals surface area (Å²) < 4.78 is 47.7. The number of carbonyl (C=O) groups excluding carboxylic acids is 2. The summed E-state index contributed by atoms with van der Waals surface area (Å²) in [6.45, 7) is 3.02. The van der Waals surface area contributed by atoms with Crippen LogP contribution >= 0.6 is 0 Å². The van der Waals surface area contributed by atoms with Gasteiger partial charge in [0.15, 0.2) is 0 Å². The molecule has 12 rings (SSSR count). The Labute approximate surface area is 391 Å². The molecule has 4 aromatic heterocycles. The van der Waals surface area contributed by atoms with Crippen molar-refractivity contribution < 1.29 is 38.1 Å². The van der Waals surface area contributed by atoms with E-state index in [2.05, 4.69) is 53.0 Å². The smallest absolute Gasteiger partial charge is 0.269 e. The molecule has 2 atom stereocenters. The topological polar surface area (TPSA) is 216 Å². The fraction of sp³-hybridized carbons (Fsp3) is 0.400. The number of amides is 2. The number of halogens is 2. The predicted molar refractivity (Wildman–Crippen MR) is 245 cm³/mol. The SMILES string of the molecule is COC[C@@](C)(O)C#Cc1cc2c(cc1F)C1CC(C1)n1c-2nc(C(N)=O)c1Cc1ccnn1C.COC[C@](C)(O)C#Cc1cc2c(cc1F)C1CC(C1)n1c-2nc(C(N)=O)c1Cc1ccnn1C. The van der Waals surface area contributed by atoms with Crippen molar-refractivity contribution in [2.24, 2.45) is 25.6 Å². The zero-order chi connectivity index (χ0) is 48.4. The van der Waals surface area contributed by atoms with Crippen LogP contribution in [-0.4, -0.2) is 99.3 Å². The molecule has 6 aromatic rings. The number of aliphatic hydroxyl groups is 2. The number of rotatable bonds is 10. The molecule has 68 heavy (non-hydrogen) atoms. The predicted octanol–water partition coefficient (Wildman–Crippen LogP) is 4.59. The molecule has 0 spiro atoms. The number of nitrogens with zero attached hydrogens (tertiary/aromatic N) is 8. The Morgan fingerprint density at radius 2 is 1.09 bits per heavy atom. The standard InChI is InChI=1S/2C25H26FN5O3/c2*1-25(33,13-34-3)6-4-14-10-19-18(12-20(14)26)15-8-17(9-15)31-21(11-16-5-7-28-30(16)2)22(23(27)32)29-24(19)31/h2*5,7,10,12,15,17,33H,8-9,11,13H2,1-3H3,(H2,27,32)/t2*15?,17?,25-/m10/s1. The summed E-state index contributed by atoms with van der Waals surface area (Å²) in [4.78, 5) is 34.1. The molecule has 2 amide bonds. The lowest BCUT2D eigenvalue weighted by Gasteiger charge is -2.35. The van der Waals surface area contributed by atoms with Gasteiger partial charge in [0.25, 0.3) is 11.8 Å². The highest BCUT2D eigenvalue weighted by Gasteiger charge is 2.43. The zero-order valence-corrected chi connectivity index (χ0v) is 38.6. The van der Waals surface area contributed by atoms with Gasteiger partial charge in [-0.15, -0.1) is 0 Å². The summed E-state index contributed by atoms with van der Waals surface area (Å²) in [6.07, 6.45) is 7.65. The number of methoxy groups -OCH3 is 2. The van der Waals surface area contributed by atoms with Gasteiger partial charge in [0.1, 0.15) is 45.9 Å². The average Bonchev–Trinajstić information content (AvgIpc) is 3.97. The molecule has 2 saturated carbocycles. The average molecular weight is 927 g/mol. The van der Waals surface area contributed by atoms with Crippen LogP contribution in [-0.2, 0) is 36.4 Å². The Hall–Kier alpha value is -6.96. The number of primary amides is 2. The van der Waals surface area contributed by atoms with Gasteiger partial charge in [0.05, 0.1) is 35.7 Å². The van der Waals surface area contributed by atoms with E-state index >= 15 is 8.78 Å². The highest BCUT2D eigenvalue weighted by atomic mass is 19.1. The van der Waals surface area contributed by atoms with E-state index < -0.39 is 34.7 Å². The van der Waals surface area contributed by atoms with E-state index in [1.54, 1.807) is 33.9 Å². The molecule has 8 heterocycles. The number of imidazole rings is 2. The Balaban J connectivity index is 0.000000170. The molecular formula is C50H52F2N10O6. The van der Waals surface area contributed by atoms with Crippen LogP contribution in [0.3, 0.4) is 0 Å². The van der Waals surface area contributed by atoms with Gasteiger partial charge in [0, 0.05) is 88.1 Å². The molecule has 16 nitrogen and oxygen atoms in total. The largest absolute Gasteiger partial charge is 0.381 e. The maximum absolute atomic E-state index is 15.0. The number of aryl methyl sites for hydroxylation is 2. The Morgan fingerprint density at radius 1 is 0.706 bits per heavy atom. The van der Waals surface area contributed by atoms with Gasteiger partial charge in [-0.1, -0.05) is 23.7 Å². The normalized spacial score (nSPS) is 19.7. The summed E-state index contributed by atoms with van der Waals surface area (Å²) in [7, 11) is 6.62. The number of nitrogens with two attached hydrogens (primary N) is 2. The van der Waals surface area contributed by atoms with E-state index in [0.717, 1.165) is 70.7 Å². The van der Waals surface area contributed by atoms with E-state index in [-0.39, 0.29) is 59.6 Å². The quantitative estimate of drug-likeness (QED) is 0.140. The molecular weight excluding hydrogens is 875 g/mol. The van der Waals surface area contributed by atoms with E-state index in [9.17, 15) is 19.8 Å². The van der Waals surface area contributed by atoms with Crippen LogP contribution in [0.5, 0.6) is 0 Å². The number of ether oxygens (including phenoxy) is 2. The van der Waals surface area contributed by atoms with E-state index in [1.807, 2.05) is 26.2 Å². The summed E-state index contributed by atoms with van der Waals surface area (Å²) in [5.74, 6) is 10.4. The van der Waals surface area contributed by atoms with Crippen LogP contribution in [0.4, 0.5) is 8.78 Å². The third kappa shape index (κ3) is 8.49. The van der Waals surface area contributed by atoms with Crippen LogP contribution in [0.25, 0.3) is 22.8 Å². The van der Waals surface area contributed by atoms with Crippen LogP contribution in [0.2, 0.25) is 0 Å². The highest BCUT2D eigenvalue weighted by molar-refractivity contribution is 5.94. The lowest BCUT2D eigenvalue weighted by Crippen LogP contribution is -2.27. The van der Waals surface area contributed by atoms with Crippen molar-refractivity contribution in [3.8, 4) is 46.5 Å². The van der Waals surface area contributed by atoms with Crippen molar-refractivity contribution in [2.45, 2.75) is 87.5 Å². The first-order chi connectivity index (χ1) is 32.4. The molecule has 352 valence electrons. The maximum atomic E-state index is 15.0. The van der Waals surface area contributed by atoms with E-state index in [1.165, 1.54) is 40.2 Å². The van der Waals surface area contributed by atoms with Crippen LogP contribution in [0, 0.1) is 35.3 Å². The molecule has 6 aliphatic rings. The number of hydrogen-bond donors (Lipinski definition) is 4. The second-order valence-electron chi connectivity index (χ2n) is 18.6. The molecule has 2 aliphatic carbocycles. The lowest BCUT2D eigenvalue weighted by atomic mass is 9.75. The molecule has 0 radical (unpaired) electrons. The van der Waals surface area contributed by atoms with Crippen molar-refractivity contribution >= 4 is 11.8 Å². The molecule has 6 N–H and O–H groups in total. The minimum atomic E-state index is -1.41. The molecule has 4 aliphatic heterocycles. The second kappa shape index (κ2) is 17.6. The van der Waals surface area contributed by atoms with Gasteiger partial charge >= 0.3 is 0 Å². The number of hydrogen-bond acceptors (Lipinski definition) is 10. The Morgan fingerprint density at radius 3 is 1.41 bits per heavy atom. The van der Waals surface area contributed by atoms with Gasteiger partial charge in [-0.2, -0.15) is 10.2 Å². The summed E-state index contributed by atoms with van der Waals surface area (Å²) in [6, 6.07) is 10.5. The second-order valence-corrected chi connectivity index (χ2v) is 18.6. The minimum Gasteiger partial charge on any atom is -0.381 e. The summed E-state index contributed by atoms with van der Waals surface area (Å²) >= 11 is 0. The first-order valence-corrected chi connectivity index (χ1v) is 22.3. The number of carbonyl (C=O) groups is 2. The van der Waals surface area contributed by atoms with E-state index in [0.29, 0.717) is 24.5 Å². The Kier molecular flexibility index (Phi) is 11.9. The van der Waals surface area contributed by atoms with Crippen LogP contribution < -0.4 is 11.5 Å². The van der Waals surface area contributed by atoms with E-state index in [4.69, 9.17) is 20.9 Å². The summed E-state index contributed by atoms with van der Waals surface area (Å²) in [5, 5.41) is 29.1. The van der Waals surface area contributed by atoms with Crippen molar-refractivity contribution in [3.05, 3.63) is 117 Å². The molecule has 18 heteroatoms. The monoisotopic (exact) mass is 926 g/mol. The van der Waals surface area contributed by atoms with Gasteiger partial charge in [-0.05, 0) is 98.9 Å².